The number of hydrogen-bond acceptors (Lipinski definition) is 3. The van der Waals surface area contributed by atoms with E-state index in [1.807, 2.05) is 36.4 Å². The third-order valence-electron chi connectivity index (χ3n) is 5.56. The molecule has 2 aromatic rings. The van der Waals surface area contributed by atoms with Crippen molar-refractivity contribution in [2.24, 2.45) is 0 Å². The predicted molar refractivity (Wildman–Crippen MR) is 104 cm³/mol. The summed E-state index contributed by atoms with van der Waals surface area (Å²) in [6.45, 7) is 0.561. The van der Waals surface area contributed by atoms with Crippen LogP contribution >= 0.6 is 0 Å². The first-order valence-corrected chi connectivity index (χ1v) is 9.72. The van der Waals surface area contributed by atoms with Crippen LogP contribution in [0.15, 0.2) is 60.7 Å². The number of rotatable bonds is 5. The number of benzene rings is 2. The molecule has 7 heteroatoms. The smallest absolute Gasteiger partial charge is 0.262 e. The van der Waals surface area contributed by atoms with Crippen LogP contribution in [0.1, 0.15) is 22.3 Å². The zero-order chi connectivity index (χ0) is 20.4. The number of halogens is 2. The van der Waals surface area contributed by atoms with E-state index in [0.717, 1.165) is 5.56 Å². The van der Waals surface area contributed by atoms with Gasteiger partial charge in [0.15, 0.2) is 0 Å². The van der Waals surface area contributed by atoms with Gasteiger partial charge in [-0.3, -0.25) is 14.5 Å². The highest BCUT2D eigenvalue weighted by molar-refractivity contribution is 5.94. The standard InChI is InChI=1S/C22H23F2N3O2/c23-22(24)11-19(20(28)25-12-16-7-3-1-4-8-16)27(15-22)18-13-26(14-18)21(29)17-9-5-2-6-10-17/h1-10,18-19H,11-15H2,(H,25,28)/t19-/m0/s1. The van der Waals surface area contributed by atoms with E-state index in [2.05, 4.69) is 5.32 Å². The first-order valence-electron chi connectivity index (χ1n) is 9.72. The maximum absolute atomic E-state index is 14.1. The molecule has 0 radical (unpaired) electrons. The Labute approximate surface area is 168 Å². The average Bonchev–Trinajstić information content (AvgIpc) is 3.01. The van der Waals surface area contributed by atoms with Gasteiger partial charge in [0, 0.05) is 37.7 Å². The van der Waals surface area contributed by atoms with Crippen LogP contribution in [0.3, 0.4) is 0 Å². The third kappa shape index (κ3) is 4.29. The lowest BCUT2D eigenvalue weighted by molar-refractivity contribution is -0.127. The first kappa shape index (κ1) is 19.5. The Bertz CT molecular complexity index is 870. The van der Waals surface area contributed by atoms with Gasteiger partial charge in [-0.1, -0.05) is 48.5 Å². The van der Waals surface area contributed by atoms with E-state index in [9.17, 15) is 18.4 Å². The second kappa shape index (κ2) is 7.91. The molecule has 2 aliphatic rings. The maximum Gasteiger partial charge on any atom is 0.262 e. The van der Waals surface area contributed by atoms with Crippen molar-refractivity contribution >= 4 is 11.8 Å². The van der Waals surface area contributed by atoms with Crippen molar-refractivity contribution in [3.8, 4) is 0 Å². The van der Waals surface area contributed by atoms with Crippen LogP contribution in [-0.2, 0) is 11.3 Å². The quantitative estimate of drug-likeness (QED) is 0.841. The highest BCUT2D eigenvalue weighted by atomic mass is 19.3. The molecule has 0 unspecified atom stereocenters. The number of nitrogens with one attached hydrogen (secondary N) is 1. The monoisotopic (exact) mass is 399 g/mol. The molecule has 1 N–H and O–H groups in total. The van der Waals surface area contributed by atoms with Crippen molar-refractivity contribution in [1.82, 2.24) is 15.1 Å². The highest BCUT2D eigenvalue weighted by Crippen LogP contribution is 2.35. The number of carbonyl (C=O) groups excluding carboxylic acids is 2. The molecule has 2 amide bonds. The van der Waals surface area contributed by atoms with Crippen LogP contribution in [-0.4, -0.2) is 59.3 Å². The molecule has 0 bridgehead atoms. The topological polar surface area (TPSA) is 52.7 Å². The lowest BCUT2D eigenvalue weighted by Crippen LogP contribution is -2.63. The van der Waals surface area contributed by atoms with Crippen molar-refractivity contribution in [1.29, 1.82) is 0 Å². The Hall–Kier alpha value is -2.80. The Balaban J connectivity index is 1.37. The fraction of sp³-hybridized carbons (Fsp3) is 0.364. The summed E-state index contributed by atoms with van der Waals surface area (Å²) in [5.74, 6) is -3.41. The molecule has 2 aliphatic heterocycles. The molecule has 2 aromatic carbocycles. The Morgan fingerprint density at radius 1 is 1.00 bits per heavy atom. The molecule has 4 rings (SSSR count). The highest BCUT2D eigenvalue weighted by Gasteiger charge is 2.52. The van der Waals surface area contributed by atoms with E-state index in [0.29, 0.717) is 25.2 Å². The van der Waals surface area contributed by atoms with Gasteiger partial charge in [0.2, 0.25) is 5.91 Å². The first-order chi connectivity index (χ1) is 13.9. The van der Waals surface area contributed by atoms with Crippen molar-refractivity contribution < 1.29 is 18.4 Å². The van der Waals surface area contributed by atoms with Crippen LogP contribution in [0.25, 0.3) is 0 Å². The van der Waals surface area contributed by atoms with Gasteiger partial charge >= 0.3 is 0 Å². The van der Waals surface area contributed by atoms with Gasteiger partial charge in [-0.05, 0) is 17.7 Å². The zero-order valence-corrected chi connectivity index (χ0v) is 15.9. The SMILES string of the molecule is O=C(NCc1ccccc1)[C@@H]1CC(F)(F)CN1C1CN(C(=O)c2ccccc2)C1. The summed E-state index contributed by atoms with van der Waals surface area (Å²) in [4.78, 5) is 28.3. The zero-order valence-electron chi connectivity index (χ0n) is 15.9. The Morgan fingerprint density at radius 2 is 1.62 bits per heavy atom. The summed E-state index contributed by atoms with van der Waals surface area (Å²) in [6.07, 6.45) is -0.489. The average molecular weight is 399 g/mol. The molecule has 29 heavy (non-hydrogen) atoms. The molecule has 0 spiro atoms. The van der Waals surface area contributed by atoms with Crippen molar-refractivity contribution in [3.05, 3.63) is 71.8 Å². The van der Waals surface area contributed by atoms with E-state index in [-0.39, 0.29) is 17.9 Å². The summed E-state index contributed by atoms with van der Waals surface area (Å²) in [5.41, 5.74) is 1.50. The number of alkyl halides is 2. The lowest BCUT2D eigenvalue weighted by atomic mass is 10.0. The van der Waals surface area contributed by atoms with Crippen LogP contribution < -0.4 is 5.32 Å². The summed E-state index contributed by atoms with van der Waals surface area (Å²) in [7, 11) is 0. The lowest BCUT2D eigenvalue weighted by Gasteiger charge is -2.45. The number of likely N-dealkylation sites (tertiary alicyclic amines) is 2. The van der Waals surface area contributed by atoms with Crippen LogP contribution in [0.4, 0.5) is 8.78 Å². The molecule has 2 saturated heterocycles. The number of nitrogens with zero attached hydrogens (tertiary/aromatic N) is 2. The van der Waals surface area contributed by atoms with E-state index >= 15 is 0 Å². The third-order valence-corrected chi connectivity index (χ3v) is 5.56. The van der Waals surface area contributed by atoms with Gasteiger partial charge in [-0.15, -0.1) is 0 Å². The van der Waals surface area contributed by atoms with Crippen LogP contribution in [0, 0.1) is 0 Å². The van der Waals surface area contributed by atoms with Crippen molar-refractivity contribution in [2.45, 2.75) is 31.0 Å². The largest absolute Gasteiger partial charge is 0.351 e. The minimum atomic E-state index is -2.90. The van der Waals surface area contributed by atoms with E-state index < -0.39 is 24.9 Å². The van der Waals surface area contributed by atoms with E-state index in [1.54, 1.807) is 34.1 Å². The summed E-state index contributed by atoms with van der Waals surface area (Å²) in [6, 6.07) is 17.1. The number of carbonyl (C=O) groups is 2. The van der Waals surface area contributed by atoms with Crippen molar-refractivity contribution in [2.75, 3.05) is 19.6 Å². The van der Waals surface area contributed by atoms with Gasteiger partial charge in [0.05, 0.1) is 12.6 Å². The molecule has 152 valence electrons. The van der Waals surface area contributed by atoms with E-state index in [1.165, 1.54) is 0 Å². The fourth-order valence-corrected chi connectivity index (χ4v) is 3.97. The van der Waals surface area contributed by atoms with Gasteiger partial charge < -0.3 is 10.2 Å². The van der Waals surface area contributed by atoms with Crippen LogP contribution in [0.2, 0.25) is 0 Å². The second-order valence-electron chi connectivity index (χ2n) is 7.68. The summed E-state index contributed by atoms with van der Waals surface area (Å²) >= 11 is 0. The predicted octanol–water partition coefficient (Wildman–Crippen LogP) is 2.54. The van der Waals surface area contributed by atoms with Gasteiger partial charge in [0.25, 0.3) is 11.8 Å². The molecule has 2 fully saturated rings. The normalized spacial score (nSPS) is 21.6. The molecule has 0 aromatic heterocycles. The van der Waals surface area contributed by atoms with Gasteiger partial charge in [-0.25, -0.2) is 8.78 Å². The van der Waals surface area contributed by atoms with Gasteiger partial charge in [0.1, 0.15) is 0 Å². The number of amides is 2. The minimum Gasteiger partial charge on any atom is -0.351 e. The minimum absolute atomic E-state index is 0.113. The number of hydrogen-bond donors (Lipinski definition) is 1. The summed E-state index contributed by atoms with van der Waals surface area (Å²) in [5, 5.41) is 2.78. The molecule has 2 heterocycles. The Kier molecular flexibility index (Phi) is 5.32. The maximum atomic E-state index is 14.1. The molecule has 5 nitrogen and oxygen atoms in total. The van der Waals surface area contributed by atoms with Crippen LogP contribution in [0.5, 0.6) is 0 Å². The molecular formula is C22H23F2N3O2. The second-order valence-corrected chi connectivity index (χ2v) is 7.68. The van der Waals surface area contributed by atoms with Crippen molar-refractivity contribution in [3.63, 3.8) is 0 Å². The summed E-state index contributed by atoms with van der Waals surface area (Å²) < 4.78 is 28.2. The Morgan fingerprint density at radius 3 is 2.28 bits per heavy atom. The van der Waals surface area contributed by atoms with E-state index in [4.69, 9.17) is 0 Å². The molecular weight excluding hydrogens is 376 g/mol. The molecule has 0 saturated carbocycles. The molecule has 0 aliphatic carbocycles. The fourth-order valence-electron chi connectivity index (χ4n) is 3.97. The van der Waals surface area contributed by atoms with Gasteiger partial charge in [-0.2, -0.15) is 0 Å². The molecule has 1 atom stereocenters.